The van der Waals surface area contributed by atoms with Gasteiger partial charge in [0, 0.05) is 52.4 Å². The van der Waals surface area contributed by atoms with Crippen LogP contribution in [0.5, 0.6) is 0 Å². The fourth-order valence-electron chi connectivity index (χ4n) is 3.15. The van der Waals surface area contributed by atoms with E-state index in [-0.39, 0.29) is 19.1 Å². The van der Waals surface area contributed by atoms with Gasteiger partial charge in [-0.3, -0.25) is 9.69 Å². The van der Waals surface area contributed by atoms with Crippen molar-refractivity contribution in [3.63, 3.8) is 0 Å². The Labute approximate surface area is 205 Å². The minimum Gasteiger partial charge on any atom is -0.459 e. The first-order chi connectivity index (χ1) is 15.5. The maximum absolute atomic E-state index is 12.9. The number of carbonyl (C=O) groups is 3. The first-order valence-corrected chi connectivity index (χ1v) is 12.1. The van der Waals surface area contributed by atoms with Crippen molar-refractivity contribution in [3.8, 4) is 0 Å². The molecule has 0 spiro atoms. The Morgan fingerprint density at radius 2 is 1.03 bits per heavy atom. The summed E-state index contributed by atoms with van der Waals surface area (Å²) in [4.78, 5) is 43.1. The Morgan fingerprint density at radius 3 is 1.50 bits per heavy atom. The van der Waals surface area contributed by atoms with E-state index in [0.29, 0.717) is 45.8 Å². The molecule has 0 bridgehead atoms. The van der Waals surface area contributed by atoms with E-state index in [1.165, 1.54) is 0 Å². The minimum absolute atomic E-state index is 0.130. The maximum Gasteiger partial charge on any atom is 0.410 e. The average molecular weight is 487 g/mol. The van der Waals surface area contributed by atoms with Crippen molar-refractivity contribution in [1.29, 1.82) is 0 Å². The Bertz CT molecular complexity index is 678. The molecule has 0 saturated carbocycles. The largest absolute Gasteiger partial charge is 0.459 e. The van der Waals surface area contributed by atoms with Crippen LogP contribution in [0.4, 0.5) is 9.59 Å². The van der Waals surface area contributed by atoms with Gasteiger partial charge in [-0.05, 0) is 62.3 Å². The van der Waals surface area contributed by atoms with Crippen molar-refractivity contribution in [2.75, 3.05) is 58.9 Å². The molecule has 34 heavy (non-hydrogen) atoms. The quantitative estimate of drug-likeness (QED) is 0.470. The molecule has 0 radical (unpaired) electrons. The third-order valence-electron chi connectivity index (χ3n) is 4.57. The van der Waals surface area contributed by atoms with Crippen molar-refractivity contribution in [2.24, 2.45) is 0 Å². The number of amides is 2. The molecule has 0 aromatic carbocycles. The molecule has 0 atom stereocenters. The molecule has 0 aromatic heterocycles. The normalized spacial score (nSPS) is 17.9. The molecule has 10 heteroatoms. The Hall–Kier alpha value is -2.07. The lowest BCUT2D eigenvalue weighted by Crippen LogP contribution is -2.50. The molecule has 1 fully saturated rings. The van der Waals surface area contributed by atoms with Crippen LogP contribution in [-0.4, -0.2) is 109 Å². The van der Waals surface area contributed by atoms with Crippen LogP contribution in [0.3, 0.4) is 0 Å². The van der Waals surface area contributed by atoms with Gasteiger partial charge in [-0.2, -0.15) is 0 Å². The number of nitrogens with zero attached hydrogens (tertiary/aromatic N) is 3. The molecule has 1 heterocycles. The summed E-state index contributed by atoms with van der Waals surface area (Å²) in [7, 11) is 0. The number of ether oxygens (including phenoxy) is 3. The first kappa shape index (κ1) is 30.0. The topological polar surface area (TPSA) is 101 Å². The summed E-state index contributed by atoms with van der Waals surface area (Å²) in [6.45, 7) is 20.2. The lowest BCUT2D eigenvalue weighted by Gasteiger charge is -2.33. The van der Waals surface area contributed by atoms with Crippen molar-refractivity contribution in [3.05, 3.63) is 0 Å². The number of nitrogens with one attached hydrogen (secondary N) is 1. The van der Waals surface area contributed by atoms with Crippen molar-refractivity contribution < 1.29 is 28.6 Å². The van der Waals surface area contributed by atoms with Crippen LogP contribution in [-0.2, 0) is 19.0 Å². The molecular weight excluding hydrogens is 440 g/mol. The summed E-state index contributed by atoms with van der Waals surface area (Å²) >= 11 is 0. The molecule has 198 valence electrons. The highest BCUT2D eigenvalue weighted by Crippen LogP contribution is 2.13. The number of carbonyl (C=O) groups excluding carboxylic acids is 3. The van der Waals surface area contributed by atoms with E-state index in [0.717, 1.165) is 0 Å². The molecule has 10 nitrogen and oxygen atoms in total. The van der Waals surface area contributed by atoms with Gasteiger partial charge in [0.25, 0.3) is 0 Å². The van der Waals surface area contributed by atoms with Gasteiger partial charge in [-0.25, -0.2) is 9.59 Å². The van der Waals surface area contributed by atoms with E-state index >= 15 is 0 Å². The predicted molar refractivity (Wildman–Crippen MR) is 131 cm³/mol. The van der Waals surface area contributed by atoms with E-state index in [4.69, 9.17) is 14.2 Å². The van der Waals surface area contributed by atoms with Crippen molar-refractivity contribution in [2.45, 2.75) is 79.1 Å². The molecule has 2 amide bonds. The lowest BCUT2D eigenvalue weighted by atomic mass is 10.2. The summed E-state index contributed by atoms with van der Waals surface area (Å²) < 4.78 is 16.6. The van der Waals surface area contributed by atoms with Crippen LogP contribution in [0.1, 0.15) is 62.3 Å². The number of hydrogen-bond donors (Lipinski definition) is 1. The van der Waals surface area contributed by atoms with E-state index < -0.39 is 29.0 Å². The standard InChI is InChI=1S/C24H46N4O6/c1-22(2,3)32-19(29)18-26-12-10-25-11-13-27(20(30)33-23(4,5)6)16-17-28(15-14-26)21(31)34-24(7,8)9/h25H,10-18H2,1-9H3. The van der Waals surface area contributed by atoms with Gasteiger partial charge in [0.05, 0.1) is 6.54 Å². The summed E-state index contributed by atoms with van der Waals surface area (Å²) in [5.74, 6) is -0.306. The molecule has 0 unspecified atom stereocenters. The zero-order chi connectivity index (χ0) is 26.2. The van der Waals surface area contributed by atoms with Crippen LogP contribution in [0.2, 0.25) is 0 Å². The van der Waals surface area contributed by atoms with Gasteiger partial charge in [-0.1, -0.05) is 0 Å². The van der Waals surface area contributed by atoms with Crippen LogP contribution >= 0.6 is 0 Å². The average Bonchev–Trinajstić information content (AvgIpc) is 2.59. The van der Waals surface area contributed by atoms with Gasteiger partial charge in [-0.15, -0.1) is 0 Å². The second-order valence-corrected chi connectivity index (χ2v) is 11.5. The van der Waals surface area contributed by atoms with Gasteiger partial charge in [0.2, 0.25) is 0 Å². The second-order valence-electron chi connectivity index (χ2n) is 11.5. The molecule has 1 aliphatic heterocycles. The van der Waals surface area contributed by atoms with Crippen LogP contribution in [0.25, 0.3) is 0 Å². The summed E-state index contributed by atoms with van der Waals surface area (Å²) in [5.41, 5.74) is -1.82. The second kappa shape index (κ2) is 12.6. The molecule has 1 N–H and O–H groups in total. The monoisotopic (exact) mass is 486 g/mol. The molecule has 0 aromatic rings. The van der Waals surface area contributed by atoms with E-state index in [1.54, 1.807) is 9.80 Å². The summed E-state index contributed by atoms with van der Waals surface area (Å²) in [6.07, 6.45) is -0.869. The molecular formula is C24H46N4O6. The van der Waals surface area contributed by atoms with Gasteiger partial charge in [0.1, 0.15) is 16.8 Å². The molecule has 1 aliphatic rings. The summed E-state index contributed by atoms with van der Waals surface area (Å²) in [5, 5.41) is 3.32. The number of rotatable bonds is 2. The number of hydrogen-bond acceptors (Lipinski definition) is 8. The number of esters is 1. The fourth-order valence-corrected chi connectivity index (χ4v) is 3.15. The fraction of sp³-hybridized carbons (Fsp3) is 0.875. The minimum atomic E-state index is -0.647. The van der Waals surface area contributed by atoms with Crippen LogP contribution in [0, 0.1) is 0 Å². The maximum atomic E-state index is 12.9. The van der Waals surface area contributed by atoms with Gasteiger partial charge < -0.3 is 29.3 Å². The summed E-state index contributed by atoms with van der Waals surface area (Å²) in [6, 6.07) is 0. The van der Waals surface area contributed by atoms with E-state index in [1.807, 2.05) is 67.2 Å². The third-order valence-corrected chi connectivity index (χ3v) is 4.57. The predicted octanol–water partition coefficient (Wildman–Crippen LogP) is 2.71. The zero-order valence-electron chi connectivity index (χ0n) is 22.7. The van der Waals surface area contributed by atoms with Gasteiger partial charge >= 0.3 is 18.2 Å². The SMILES string of the molecule is CC(C)(C)OC(=O)CN1CCNCCN(C(=O)OC(C)(C)C)CCN(C(=O)OC(C)(C)C)CC1. The smallest absolute Gasteiger partial charge is 0.410 e. The molecule has 1 rings (SSSR count). The van der Waals surface area contributed by atoms with Crippen molar-refractivity contribution in [1.82, 2.24) is 20.0 Å². The lowest BCUT2D eigenvalue weighted by molar-refractivity contribution is -0.156. The van der Waals surface area contributed by atoms with E-state index in [2.05, 4.69) is 5.32 Å². The Morgan fingerprint density at radius 1 is 0.618 bits per heavy atom. The van der Waals surface area contributed by atoms with Crippen LogP contribution in [0.15, 0.2) is 0 Å². The highest BCUT2D eigenvalue weighted by Gasteiger charge is 2.27. The first-order valence-electron chi connectivity index (χ1n) is 12.1. The van der Waals surface area contributed by atoms with Crippen molar-refractivity contribution >= 4 is 18.2 Å². The zero-order valence-corrected chi connectivity index (χ0v) is 22.7. The van der Waals surface area contributed by atoms with Gasteiger partial charge in [0.15, 0.2) is 0 Å². The van der Waals surface area contributed by atoms with E-state index in [9.17, 15) is 14.4 Å². The van der Waals surface area contributed by atoms with Crippen LogP contribution < -0.4 is 5.32 Å². The Balaban J connectivity index is 2.96. The highest BCUT2D eigenvalue weighted by atomic mass is 16.6. The highest BCUT2D eigenvalue weighted by molar-refractivity contribution is 5.72. The molecule has 0 aliphatic carbocycles. The molecule has 1 saturated heterocycles. The Kier molecular flexibility index (Phi) is 11.1. The third kappa shape index (κ3) is 13.6.